The molecule has 0 unspecified atom stereocenters. The van der Waals surface area contributed by atoms with Crippen LogP contribution in [0.1, 0.15) is 25.7 Å². The molecule has 94 valence electrons. The quantitative estimate of drug-likeness (QED) is 0.727. The molecule has 1 fully saturated rings. The summed E-state index contributed by atoms with van der Waals surface area (Å²) < 4.78 is 0. The third-order valence-corrected chi connectivity index (χ3v) is 3.77. The fourth-order valence-electron chi connectivity index (χ4n) is 2.36. The van der Waals surface area contributed by atoms with Crippen LogP contribution in [0.4, 0.5) is 11.4 Å². The van der Waals surface area contributed by atoms with Gasteiger partial charge in [0.15, 0.2) is 0 Å². The minimum Gasteiger partial charge on any atom is -0.399 e. The van der Waals surface area contributed by atoms with E-state index in [0.717, 1.165) is 31.4 Å². The van der Waals surface area contributed by atoms with E-state index < -0.39 is 0 Å². The first-order valence-corrected chi connectivity index (χ1v) is 6.49. The Morgan fingerprint density at radius 3 is 2.59 bits per heavy atom. The number of hydrogen-bond acceptors (Lipinski definition) is 3. The Hall–Kier alpha value is -0.930. The smallest absolute Gasteiger partial charge is 0.0658 e. The Bertz CT molecular complexity index is 376. The van der Waals surface area contributed by atoms with Crippen LogP contribution in [0.3, 0.4) is 0 Å². The molecule has 2 rings (SSSR count). The van der Waals surface area contributed by atoms with E-state index in [4.69, 9.17) is 22.4 Å². The number of halogens is 1. The predicted molar refractivity (Wildman–Crippen MR) is 72.3 cm³/mol. The predicted octanol–water partition coefficient (Wildman–Crippen LogP) is 2.89. The van der Waals surface area contributed by atoms with Crippen LogP contribution in [0.25, 0.3) is 0 Å². The van der Waals surface area contributed by atoms with Gasteiger partial charge in [-0.25, -0.2) is 0 Å². The van der Waals surface area contributed by atoms with Crippen molar-refractivity contribution in [1.82, 2.24) is 0 Å². The van der Waals surface area contributed by atoms with Crippen LogP contribution in [-0.2, 0) is 0 Å². The summed E-state index contributed by atoms with van der Waals surface area (Å²) in [5.74, 6) is 0.481. The highest BCUT2D eigenvalue weighted by atomic mass is 35.5. The van der Waals surface area contributed by atoms with Gasteiger partial charge in [-0.05, 0) is 49.8 Å². The molecule has 4 heteroatoms. The maximum atomic E-state index is 9.09. The van der Waals surface area contributed by atoms with Crippen LogP contribution in [0.15, 0.2) is 18.2 Å². The van der Waals surface area contributed by atoms with E-state index >= 15 is 0 Å². The lowest BCUT2D eigenvalue weighted by Gasteiger charge is -2.29. The molecule has 1 aliphatic carbocycles. The molecule has 17 heavy (non-hydrogen) atoms. The first kappa shape index (κ1) is 12.5. The van der Waals surface area contributed by atoms with E-state index in [1.165, 1.54) is 0 Å². The zero-order valence-electron chi connectivity index (χ0n) is 9.82. The summed E-state index contributed by atoms with van der Waals surface area (Å²) in [5.41, 5.74) is 7.29. The fourth-order valence-corrected chi connectivity index (χ4v) is 2.60. The molecule has 0 heterocycles. The van der Waals surface area contributed by atoms with E-state index in [0.29, 0.717) is 29.3 Å². The monoisotopic (exact) mass is 254 g/mol. The van der Waals surface area contributed by atoms with Crippen LogP contribution in [0.2, 0.25) is 5.02 Å². The van der Waals surface area contributed by atoms with Crippen LogP contribution in [-0.4, -0.2) is 17.8 Å². The molecule has 0 amide bonds. The lowest BCUT2D eigenvalue weighted by molar-refractivity contribution is 0.186. The van der Waals surface area contributed by atoms with Gasteiger partial charge in [0, 0.05) is 18.3 Å². The minimum atomic E-state index is 0.315. The van der Waals surface area contributed by atoms with E-state index in [1.807, 2.05) is 12.1 Å². The van der Waals surface area contributed by atoms with Crippen molar-refractivity contribution in [3.05, 3.63) is 23.2 Å². The number of benzene rings is 1. The summed E-state index contributed by atoms with van der Waals surface area (Å²) in [4.78, 5) is 0. The van der Waals surface area contributed by atoms with Gasteiger partial charge in [-0.2, -0.15) is 0 Å². The van der Waals surface area contributed by atoms with Crippen molar-refractivity contribution < 1.29 is 5.11 Å². The lowest BCUT2D eigenvalue weighted by atomic mass is 9.86. The number of rotatable bonds is 3. The van der Waals surface area contributed by atoms with E-state index in [-0.39, 0.29) is 0 Å². The summed E-state index contributed by atoms with van der Waals surface area (Å²) in [5, 5.41) is 13.2. The molecule has 1 aromatic carbocycles. The zero-order chi connectivity index (χ0) is 12.3. The number of anilines is 2. The molecule has 3 nitrogen and oxygen atoms in total. The van der Waals surface area contributed by atoms with Gasteiger partial charge in [0.2, 0.25) is 0 Å². The Morgan fingerprint density at radius 2 is 2.00 bits per heavy atom. The van der Waals surface area contributed by atoms with Crippen molar-refractivity contribution in [3.63, 3.8) is 0 Å². The van der Waals surface area contributed by atoms with Crippen molar-refractivity contribution in [2.24, 2.45) is 5.92 Å². The van der Waals surface area contributed by atoms with Crippen LogP contribution in [0, 0.1) is 5.92 Å². The van der Waals surface area contributed by atoms with E-state index in [9.17, 15) is 0 Å². The summed E-state index contributed by atoms with van der Waals surface area (Å²) in [6, 6.07) is 6.01. The molecule has 1 saturated carbocycles. The molecule has 0 saturated heterocycles. The maximum Gasteiger partial charge on any atom is 0.0658 e. The van der Waals surface area contributed by atoms with Gasteiger partial charge in [0.25, 0.3) is 0 Å². The molecule has 0 atom stereocenters. The first-order valence-electron chi connectivity index (χ1n) is 6.11. The maximum absolute atomic E-state index is 9.09. The standard InChI is InChI=1S/C13H19ClN2O/c14-12-7-10(15)3-6-13(12)16-11-4-1-9(8-17)2-5-11/h3,6-7,9,11,16-17H,1-2,4-5,8,15H2. The molecule has 1 aliphatic rings. The van der Waals surface area contributed by atoms with Crippen LogP contribution < -0.4 is 11.1 Å². The van der Waals surface area contributed by atoms with E-state index in [2.05, 4.69) is 5.32 Å². The highest BCUT2D eigenvalue weighted by molar-refractivity contribution is 6.33. The number of aliphatic hydroxyl groups is 1. The third kappa shape index (κ3) is 3.27. The van der Waals surface area contributed by atoms with Gasteiger partial charge in [0.05, 0.1) is 10.7 Å². The highest BCUT2D eigenvalue weighted by Crippen LogP contribution is 2.29. The number of aliphatic hydroxyl groups excluding tert-OH is 1. The summed E-state index contributed by atoms with van der Waals surface area (Å²) >= 11 is 6.12. The Balaban J connectivity index is 1.93. The molecule has 1 aromatic rings. The van der Waals surface area contributed by atoms with Gasteiger partial charge in [-0.1, -0.05) is 11.6 Å². The van der Waals surface area contributed by atoms with Crippen molar-refractivity contribution in [2.75, 3.05) is 17.7 Å². The normalized spacial score (nSPS) is 24.6. The highest BCUT2D eigenvalue weighted by Gasteiger charge is 2.20. The molecular formula is C13H19ClN2O. The zero-order valence-corrected chi connectivity index (χ0v) is 10.6. The summed E-state index contributed by atoms with van der Waals surface area (Å²) in [6.45, 7) is 0.315. The molecule has 4 N–H and O–H groups in total. The second-order valence-electron chi connectivity index (χ2n) is 4.78. The fraction of sp³-hybridized carbons (Fsp3) is 0.538. The Kier molecular flexibility index (Phi) is 4.13. The van der Waals surface area contributed by atoms with Crippen molar-refractivity contribution in [2.45, 2.75) is 31.7 Å². The van der Waals surface area contributed by atoms with Gasteiger partial charge in [-0.15, -0.1) is 0 Å². The largest absolute Gasteiger partial charge is 0.399 e. The van der Waals surface area contributed by atoms with Crippen molar-refractivity contribution in [3.8, 4) is 0 Å². The average molecular weight is 255 g/mol. The first-order chi connectivity index (χ1) is 8.19. The molecule has 0 spiro atoms. The number of nitrogens with one attached hydrogen (secondary N) is 1. The minimum absolute atomic E-state index is 0.315. The van der Waals surface area contributed by atoms with E-state index in [1.54, 1.807) is 6.07 Å². The molecule has 0 aliphatic heterocycles. The Morgan fingerprint density at radius 1 is 1.29 bits per heavy atom. The second kappa shape index (κ2) is 5.61. The molecule has 0 bridgehead atoms. The second-order valence-corrected chi connectivity index (χ2v) is 5.19. The lowest BCUT2D eigenvalue weighted by Crippen LogP contribution is -2.27. The number of nitrogen functional groups attached to an aromatic ring is 1. The number of hydrogen-bond donors (Lipinski definition) is 3. The van der Waals surface area contributed by atoms with Crippen molar-refractivity contribution in [1.29, 1.82) is 0 Å². The molecular weight excluding hydrogens is 236 g/mol. The van der Waals surface area contributed by atoms with Gasteiger partial charge in [0.1, 0.15) is 0 Å². The van der Waals surface area contributed by atoms with Crippen molar-refractivity contribution >= 4 is 23.0 Å². The van der Waals surface area contributed by atoms with Gasteiger partial charge < -0.3 is 16.2 Å². The van der Waals surface area contributed by atoms with Crippen LogP contribution >= 0.6 is 11.6 Å². The van der Waals surface area contributed by atoms with Gasteiger partial charge in [-0.3, -0.25) is 0 Å². The summed E-state index contributed by atoms with van der Waals surface area (Å²) in [6.07, 6.45) is 4.35. The number of nitrogens with two attached hydrogens (primary N) is 1. The average Bonchev–Trinajstić information content (AvgIpc) is 2.34. The van der Waals surface area contributed by atoms with Gasteiger partial charge >= 0.3 is 0 Å². The summed E-state index contributed by atoms with van der Waals surface area (Å²) in [7, 11) is 0. The van der Waals surface area contributed by atoms with Crippen LogP contribution in [0.5, 0.6) is 0 Å². The SMILES string of the molecule is Nc1ccc(NC2CCC(CO)CC2)c(Cl)c1. The molecule has 0 radical (unpaired) electrons. The Labute approximate surface area is 107 Å². The molecule has 0 aromatic heterocycles. The third-order valence-electron chi connectivity index (χ3n) is 3.46. The topological polar surface area (TPSA) is 58.3 Å².